The van der Waals surface area contributed by atoms with E-state index in [-0.39, 0.29) is 22.4 Å². The van der Waals surface area contributed by atoms with E-state index in [9.17, 15) is 36.0 Å². The van der Waals surface area contributed by atoms with Crippen molar-refractivity contribution in [1.82, 2.24) is 44.9 Å². The zero-order valence-electron chi connectivity index (χ0n) is 70.4. The van der Waals surface area contributed by atoms with Crippen molar-refractivity contribution < 1.29 is 39.5 Å². The van der Waals surface area contributed by atoms with Gasteiger partial charge in [-0.25, -0.2) is 89.2 Å². The number of aryl methyl sites for hydroxylation is 1. The third-order valence-corrected chi connectivity index (χ3v) is 23.8. The highest BCUT2D eigenvalue weighted by atomic mass is 19.2. The molecule has 0 aliphatic carbocycles. The Labute approximate surface area is 758 Å². The molecule has 0 radical (unpaired) electrons. The summed E-state index contributed by atoms with van der Waals surface area (Å²) in [6, 6.07) is 114. The third-order valence-electron chi connectivity index (χ3n) is 23.8. The summed E-state index contributed by atoms with van der Waals surface area (Å²) in [7, 11) is 0. The van der Waals surface area contributed by atoms with Gasteiger partial charge in [-0.3, -0.25) is 0 Å². The summed E-state index contributed by atoms with van der Waals surface area (Å²) in [5, 5.41) is 17.3. The van der Waals surface area contributed by atoms with Crippen molar-refractivity contribution >= 4 is 104 Å². The van der Waals surface area contributed by atoms with Gasteiger partial charge < -0.3 is 0 Å². The van der Waals surface area contributed by atoms with E-state index >= 15 is 8.78 Å². The molecule has 23 rings (SSSR count). The largest absolute Gasteiger partial charge is 0.262 e. The molecule has 17 aromatic carbocycles. The molecule has 20 heteroatoms. The SMILES string of the molecule is Fc1c(F)c(F)c(-c2ccccc2-c2nc3ccccc3c3c2ccc2nc(-c4ccccc4)c(-c4ccccc4)nc23)c(F)c1F.N#Cc1ccccc1-c1nc2ccccc2c2c1ccc1nc(-c3ccccc3)c(-c3ccccc3)nc12.[C-]#[N+]c1c(F)c(F)c(-c2ccc(-c3nc4ccccc4c4c3c(C)cc3nc(-c5ccccc5)c(-c5ccccc5)nc34)cc2)c(F)c1F. The molecule has 11 nitrogen and oxygen atoms in total. The molecule has 6 aromatic heterocycles. The molecule has 0 unspecified atom stereocenters. The maximum atomic E-state index is 15.2. The lowest BCUT2D eigenvalue weighted by Gasteiger charge is -2.17. The number of halogens is 9. The minimum atomic E-state index is -2.22. The number of para-hydroxylation sites is 3. The molecular formula is C114H62F9N11. The standard InChI is InChI=1S/C41H22F4N4.C39H20F5N3.C34H20N4/c1-22-21-29-40(49-39(25-13-7-4-8-14-25)38(48-29)24-11-5-3-6-12-24)32-27-15-9-10-16-28(27)47-37(30(22)32)26-19-17-23(18-20-26)31-33(42)35(44)41(46-2)36(45)34(31)43;40-31-30(32(41)34(43)35(44)33(31)42)23-15-7-8-16-24(23)38-26-19-20-28-39(29(26)25-17-9-10-18-27(25)45-38)47-37(22-13-5-2-6-14-22)36(46-28)21-11-3-1-4-12-21;35-21-24-15-7-8-16-25(24)33-27-19-20-29-34(30(27)26-17-9-10-18-28(26)36-33)38-32(23-13-5-2-6-14-23)31(37-29)22-11-3-1-4-12-22/h3-21H,1H3;1-20H;1-20H. The van der Waals surface area contributed by atoms with Crippen molar-refractivity contribution in [1.29, 1.82) is 5.26 Å². The molecule has 636 valence electrons. The molecule has 134 heavy (non-hydrogen) atoms. The molecule has 0 aliphatic heterocycles. The van der Waals surface area contributed by atoms with Crippen molar-refractivity contribution in [3.63, 3.8) is 0 Å². The number of nitriles is 1. The predicted molar refractivity (Wildman–Crippen MR) is 512 cm³/mol. The van der Waals surface area contributed by atoms with Gasteiger partial charge >= 0.3 is 0 Å². The summed E-state index contributed by atoms with van der Waals surface area (Å²) >= 11 is 0. The number of fused-ring (bicyclic) bond motifs is 15. The van der Waals surface area contributed by atoms with Crippen LogP contribution in [0.3, 0.4) is 0 Å². The number of hydrogen-bond donors (Lipinski definition) is 0. The van der Waals surface area contributed by atoms with Crippen LogP contribution in [-0.4, -0.2) is 44.9 Å². The number of aromatic nitrogens is 9. The lowest BCUT2D eigenvalue weighted by molar-refractivity contribution is 0.381. The quantitative estimate of drug-likeness (QED) is 0.0403. The van der Waals surface area contributed by atoms with Gasteiger partial charge in [0.05, 0.1) is 130 Å². The van der Waals surface area contributed by atoms with Gasteiger partial charge in [-0.2, -0.15) is 5.26 Å². The molecule has 0 bridgehead atoms. The molecule has 0 aliphatic rings. The zero-order chi connectivity index (χ0) is 91.5. The van der Waals surface area contributed by atoms with Crippen LogP contribution in [0.2, 0.25) is 0 Å². The van der Waals surface area contributed by atoms with E-state index in [1.807, 2.05) is 256 Å². The van der Waals surface area contributed by atoms with Crippen LogP contribution in [0.25, 0.3) is 227 Å². The first kappa shape index (κ1) is 83.1. The topological polar surface area (TPSA) is 144 Å². The summed E-state index contributed by atoms with van der Waals surface area (Å²) in [5.41, 5.74) is 17.6. The molecule has 23 aromatic rings. The van der Waals surface area contributed by atoms with Gasteiger partial charge in [-0.1, -0.05) is 303 Å². The van der Waals surface area contributed by atoms with E-state index in [0.29, 0.717) is 72.1 Å². The van der Waals surface area contributed by atoms with Crippen molar-refractivity contribution in [3.05, 3.63) is 433 Å². The molecule has 6 heterocycles. The molecular weight excluding hydrogens is 1690 g/mol. The second kappa shape index (κ2) is 34.6. The molecule has 0 amide bonds. The Morgan fingerprint density at radius 2 is 0.530 bits per heavy atom. The second-order valence-corrected chi connectivity index (χ2v) is 31.7. The number of nitrogens with zero attached hydrogens (tertiary/aromatic N) is 11. The van der Waals surface area contributed by atoms with E-state index < -0.39 is 69.2 Å². The van der Waals surface area contributed by atoms with E-state index in [1.165, 1.54) is 24.3 Å². The van der Waals surface area contributed by atoms with Crippen LogP contribution in [0, 0.1) is 77.2 Å². The van der Waals surface area contributed by atoms with Gasteiger partial charge in [-0.05, 0) is 78.2 Å². The van der Waals surface area contributed by atoms with E-state index in [1.54, 1.807) is 48.5 Å². The number of hydrogen-bond acceptors (Lipinski definition) is 10. The van der Waals surface area contributed by atoms with Crippen LogP contribution in [0.15, 0.2) is 358 Å². The Morgan fingerprint density at radius 1 is 0.231 bits per heavy atom. The van der Waals surface area contributed by atoms with Gasteiger partial charge in [0, 0.05) is 98.5 Å². The van der Waals surface area contributed by atoms with E-state index in [0.717, 1.165) is 127 Å². The highest BCUT2D eigenvalue weighted by molar-refractivity contribution is 6.25. The van der Waals surface area contributed by atoms with Crippen molar-refractivity contribution in [2.45, 2.75) is 6.92 Å². The smallest absolute Gasteiger partial charge is 0.247 e. The predicted octanol–water partition coefficient (Wildman–Crippen LogP) is 30.3. The molecule has 0 fully saturated rings. The van der Waals surface area contributed by atoms with Crippen molar-refractivity contribution in [3.8, 4) is 130 Å². The number of benzene rings is 17. The molecule has 0 saturated carbocycles. The lowest BCUT2D eigenvalue weighted by atomic mass is 9.92. The first-order valence-electron chi connectivity index (χ1n) is 42.5. The Morgan fingerprint density at radius 3 is 0.940 bits per heavy atom. The van der Waals surface area contributed by atoms with Gasteiger partial charge in [0.2, 0.25) is 5.82 Å². The summed E-state index contributed by atoms with van der Waals surface area (Å²) < 4.78 is 132. The summed E-state index contributed by atoms with van der Waals surface area (Å²) in [4.78, 5) is 48.9. The number of pyridine rings is 3. The Hall–Kier alpha value is -17.9. The Balaban J connectivity index is 0.000000122. The minimum absolute atomic E-state index is 0.0906. The fourth-order valence-corrected chi connectivity index (χ4v) is 17.7. The van der Waals surface area contributed by atoms with Gasteiger partial charge in [0.15, 0.2) is 46.5 Å². The minimum Gasteiger partial charge on any atom is -0.247 e. The average Bonchev–Trinajstić information content (AvgIpc) is 0.733. The van der Waals surface area contributed by atoms with Crippen LogP contribution >= 0.6 is 0 Å². The van der Waals surface area contributed by atoms with Crippen LogP contribution in [0.5, 0.6) is 0 Å². The van der Waals surface area contributed by atoms with Crippen molar-refractivity contribution in [2.24, 2.45) is 0 Å². The fraction of sp³-hybridized carbons (Fsp3) is 0.00877. The lowest BCUT2D eigenvalue weighted by Crippen LogP contribution is -2.05. The van der Waals surface area contributed by atoms with Crippen LogP contribution in [0.1, 0.15) is 11.1 Å². The normalized spacial score (nSPS) is 11.3. The van der Waals surface area contributed by atoms with Gasteiger partial charge in [-0.15, -0.1) is 0 Å². The molecule has 0 spiro atoms. The van der Waals surface area contributed by atoms with E-state index in [4.69, 9.17) is 51.4 Å². The summed E-state index contributed by atoms with van der Waals surface area (Å²) in [5.74, 6) is -16.8. The maximum absolute atomic E-state index is 15.2. The Bertz CT molecular complexity index is 8760. The molecule has 0 N–H and O–H groups in total. The second-order valence-electron chi connectivity index (χ2n) is 31.7. The third kappa shape index (κ3) is 14.5. The average molecular weight is 1760 g/mol. The van der Waals surface area contributed by atoms with Gasteiger partial charge in [0.1, 0.15) is 0 Å². The molecule has 0 atom stereocenters. The highest BCUT2D eigenvalue weighted by Crippen LogP contribution is 2.48. The number of rotatable bonds is 11. The summed E-state index contributed by atoms with van der Waals surface area (Å²) in [6.45, 7) is 8.88. The maximum Gasteiger partial charge on any atom is 0.262 e. The van der Waals surface area contributed by atoms with Crippen molar-refractivity contribution in [2.75, 3.05) is 0 Å². The zero-order valence-corrected chi connectivity index (χ0v) is 70.4. The summed E-state index contributed by atoms with van der Waals surface area (Å²) in [6.07, 6.45) is 0. The first-order valence-corrected chi connectivity index (χ1v) is 42.5. The van der Waals surface area contributed by atoms with Crippen LogP contribution in [-0.2, 0) is 0 Å². The monoisotopic (exact) mass is 1760 g/mol. The molecule has 0 saturated heterocycles. The van der Waals surface area contributed by atoms with Gasteiger partial charge in [0.25, 0.3) is 5.69 Å². The van der Waals surface area contributed by atoms with E-state index in [2.05, 4.69) is 47.3 Å². The van der Waals surface area contributed by atoms with Crippen LogP contribution in [0.4, 0.5) is 45.2 Å². The first-order chi connectivity index (χ1) is 65.6. The highest BCUT2D eigenvalue weighted by Gasteiger charge is 2.32. The Kier molecular flexibility index (Phi) is 21.5. The fourth-order valence-electron chi connectivity index (χ4n) is 17.7. The van der Waals surface area contributed by atoms with Crippen LogP contribution < -0.4 is 0 Å².